The predicted molar refractivity (Wildman–Crippen MR) is 66.8 cm³/mol. The fourth-order valence-electron chi connectivity index (χ4n) is 4.12. The lowest BCUT2D eigenvalue weighted by atomic mass is 9.68. The summed E-state index contributed by atoms with van der Waals surface area (Å²) in [5, 5.41) is 0. The first-order valence-corrected chi connectivity index (χ1v) is 6.94. The first kappa shape index (κ1) is 11.2. The molecule has 0 aromatic heterocycles. The van der Waals surface area contributed by atoms with Crippen LogP contribution in [0.5, 0.6) is 0 Å². The molecule has 0 amide bonds. The lowest BCUT2D eigenvalue weighted by Gasteiger charge is -2.37. The number of allylic oxidation sites excluding steroid dienone is 1. The van der Waals surface area contributed by atoms with Crippen LogP contribution in [0.3, 0.4) is 0 Å². The van der Waals surface area contributed by atoms with Crippen LogP contribution in [-0.2, 0) is 0 Å². The molecule has 86 valence electrons. The highest BCUT2D eigenvalue weighted by atomic mass is 14.4. The molecule has 0 heteroatoms. The predicted octanol–water partition coefficient (Wildman–Crippen LogP) is 4.81. The third kappa shape index (κ3) is 2.46. The van der Waals surface area contributed by atoms with E-state index in [1.165, 1.54) is 51.4 Å². The van der Waals surface area contributed by atoms with E-state index in [4.69, 9.17) is 0 Å². The van der Waals surface area contributed by atoms with Gasteiger partial charge in [0.15, 0.2) is 0 Å². The highest BCUT2D eigenvalue weighted by Crippen LogP contribution is 2.48. The van der Waals surface area contributed by atoms with E-state index in [0.29, 0.717) is 0 Å². The van der Waals surface area contributed by atoms with Gasteiger partial charge in [-0.25, -0.2) is 0 Å². The van der Waals surface area contributed by atoms with Crippen LogP contribution < -0.4 is 0 Å². The second-order valence-corrected chi connectivity index (χ2v) is 5.79. The van der Waals surface area contributed by atoms with Crippen molar-refractivity contribution in [2.75, 3.05) is 0 Å². The standard InChI is InChI=1S/C15H26/c1-3-4-7-12(2)14-10-5-8-13-9-6-11-15(13)14/h3,12-15H,1,4-11H2,2H3. The molecule has 0 spiro atoms. The van der Waals surface area contributed by atoms with E-state index in [0.717, 1.165) is 23.7 Å². The zero-order valence-electron chi connectivity index (χ0n) is 10.3. The van der Waals surface area contributed by atoms with Gasteiger partial charge >= 0.3 is 0 Å². The van der Waals surface area contributed by atoms with Crippen molar-refractivity contribution >= 4 is 0 Å². The molecular weight excluding hydrogens is 180 g/mol. The Morgan fingerprint density at radius 1 is 1.20 bits per heavy atom. The molecule has 2 aliphatic rings. The van der Waals surface area contributed by atoms with Gasteiger partial charge in [0.2, 0.25) is 0 Å². The summed E-state index contributed by atoms with van der Waals surface area (Å²) >= 11 is 0. The van der Waals surface area contributed by atoms with Gasteiger partial charge in [-0.2, -0.15) is 0 Å². The van der Waals surface area contributed by atoms with Gasteiger partial charge in [0, 0.05) is 0 Å². The Kier molecular flexibility index (Phi) is 3.88. The van der Waals surface area contributed by atoms with E-state index in [1.54, 1.807) is 0 Å². The molecule has 4 atom stereocenters. The van der Waals surface area contributed by atoms with Crippen molar-refractivity contribution in [1.82, 2.24) is 0 Å². The molecule has 0 aliphatic heterocycles. The summed E-state index contributed by atoms with van der Waals surface area (Å²) in [4.78, 5) is 0. The molecule has 2 aliphatic carbocycles. The van der Waals surface area contributed by atoms with Crippen LogP contribution in [0, 0.1) is 23.7 Å². The van der Waals surface area contributed by atoms with E-state index < -0.39 is 0 Å². The van der Waals surface area contributed by atoms with Crippen molar-refractivity contribution in [3.63, 3.8) is 0 Å². The van der Waals surface area contributed by atoms with Gasteiger partial charge in [-0.1, -0.05) is 38.7 Å². The van der Waals surface area contributed by atoms with Crippen LogP contribution in [0.15, 0.2) is 12.7 Å². The van der Waals surface area contributed by atoms with Crippen LogP contribution in [0.1, 0.15) is 58.3 Å². The Hall–Kier alpha value is -0.260. The highest BCUT2D eigenvalue weighted by molar-refractivity contribution is 4.89. The van der Waals surface area contributed by atoms with Gasteiger partial charge in [0.05, 0.1) is 0 Å². The van der Waals surface area contributed by atoms with Gasteiger partial charge in [0.25, 0.3) is 0 Å². The second-order valence-electron chi connectivity index (χ2n) is 5.79. The Morgan fingerprint density at radius 3 is 2.67 bits per heavy atom. The van der Waals surface area contributed by atoms with Gasteiger partial charge < -0.3 is 0 Å². The smallest absolute Gasteiger partial charge is 0.0351 e. The lowest BCUT2D eigenvalue weighted by Crippen LogP contribution is -2.28. The quantitative estimate of drug-likeness (QED) is 0.579. The summed E-state index contributed by atoms with van der Waals surface area (Å²) in [6.45, 7) is 6.33. The minimum atomic E-state index is 0.939. The summed E-state index contributed by atoms with van der Waals surface area (Å²) in [7, 11) is 0. The molecule has 0 aromatic carbocycles. The van der Waals surface area contributed by atoms with Crippen molar-refractivity contribution in [3.05, 3.63) is 12.7 Å². The number of fused-ring (bicyclic) bond motifs is 1. The molecule has 2 rings (SSSR count). The normalized spacial score (nSPS) is 37.3. The van der Waals surface area contributed by atoms with Gasteiger partial charge in [-0.05, 0) is 49.4 Å². The molecule has 15 heavy (non-hydrogen) atoms. The molecular formula is C15H26. The van der Waals surface area contributed by atoms with Crippen LogP contribution in [0.2, 0.25) is 0 Å². The van der Waals surface area contributed by atoms with Gasteiger partial charge in [0.1, 0.15) is 0 Å². The molecule has 0 N–H and O–H groups in total. The molecule has 0 saturated heterocycles. The minimum Gasteiger partial charge on any atom is -0.103 e. The van der Waals surface area contributed by atoms with Crippen molar-refractivity contribution in [3.8, 4) is 0 Å². The molecule has 4 unspecified atom stereocenters. The average Bonchev–Trinajstić information content (AvgIpc) is 2.73. The largest absolute Gasteiger partial charge is 0.103 e. The van der Waals surface area contributed by atoms with Crippen LogP contribution in [-0.4, -0.2) is 0 Å². The monoisotopic (exact) mass is 206 g/mol. The zero-order chi connectivity index (χ0) is 10.7. The molecule has 2 saturated carbocycles. The van der Waals surface area contributed by atoms with E-state index in [2.05, 4.69) is 19.6 Å². The molecule has 0 nitrogen and oxygen atoms in total. The summed E-state index contributed by atoms with van der Waals surface area (Å²) in [6.07, 6.45) is 13.8. The summed E-state index contributed by atoms with van der Waals surface area (Å²) in [5.74, 6) is 4.19. The minimum absolute atomic E-state index is 0.939. The van der Waals surface area contributed by atoms with Crippen LogP contribution in [0.25, 0.3) is 0 Å². The maximum absolute atomic E-state index is 3.84. The van der Waals surface area contributed by atoms with Crippen molar-refractivity contribution in [1.29, 1.82) is 0 Å². The van der Waals surface area contributed by atoms with Crippen LogP contribution >= 0.6 is 0 Å². The SMILES string of the molecule is C=CCCC(C)C1CCCC2CCCC21. The van der Waals surface area contributed by atoms with E-state index >= 15 is 0 Å². The Labute approximate surface area is 95.1 Å². The fraction of sp³-hybridized carbons (Fsp3) is 0.867. The number of hydrogen-bond donors (Lipinski definition) is 0. The molecule has 0 heterocycles. The summed E-state index contributed by atoms with van der Waals surface area (Å²) in [5.41, 5.74) is 0. The van der Waals surface area contributed by atoms with Gasteiger partial charge in [-0.15, -0.1) is 6.58 Å². The third-order valence-corrected chi connectivity index (χ3v) is 4.94. The van der Waals surface area contributed by atoms with Crippen molar-refractivity contribution < 1.29 is 0 Å². The first-order valence-electron chi connectivity index (χ1n) is 6.94. The third-order valence-electron chi connectivity index (χ3n) is 4.94. The molecule has 0 aromatic rings. The number of rotatable bonds is 4. The van der Waals surface area contributed by atoms with Crippen LogP contribution in [0.4, 0.5) is 0 Å². The lowest BCUT2D eigenvalue weighted by molar-refractivity contribution is 0.126. The van der Waals surface area contributed by atoms with Crippen molar-refractivity contribution in [2.45, 2.75) is 58.3 Å². The molecule has 2 fully saturated rings. The first-order chi connectivity index (χ1) is 7.33. The Balaban J connectivity index is 1.91. The molecule has 0 radical (unpaired) electrons. The maximum atomic E-state index is 3.84. The topological polar surface area (TPSA) is 0 Å². The number of hydrogen-bond acceptors (Lipinski definition) is 0. The zero-order valence-corrected chi connectivity index (χ0v) is 10.3. The maximum Gasteiger partial charge on any atom is -0.0351 e. The van der Waals surface area contributed by atoms with E-state index in [9.17, 15) is 0 Å². The summed E-state index contributed by atoms with van der Waals surface area (Å²) in [6, 6.07) is 0. The fourth-order valence-corrected chi connectivity index (χ4v) is 4.12. The Bertz CT molecular complexity index is 206. The summed E-state index contributed by atoms with van der Waals surface area (Å²) < 4.78 is 0. The van der Waals surface area contributed by atoms with E-state index in [1.807, 2.05) is 0 Å². The van der Waals surface area contributed by atoms with Gasteiger partial charge in [-0.3, -0.25) is 0 Å². The molecule has 0 bridgehead atoms. The van der Waals surface area contributed by atoms with Crippen molar-refractivity contribution in [2.24, 2.45) is 23.7 Å². The van der Waals surface area contributed by atoms with E-state index in [-0.39, 0.29) is 0 Å². The second kappa shape index (κ2) is 5.18. The highest BCUT2D eigenvalue weighted by Gasteiger charge is 2.38. The Morgan fingerprint density at radius 2 is 1.93 bits per heavy atom. The average molecular weight is 206 g/mol.